The molecular formula is C6H5ClO4. The molecule has 0 rings (SSSR count). The third-order valence-corrected chi connectivity index (χ3v) is 0.882. The maximum Gasteiger partial charge on any atom is 0.329 e. The van der Waals surface area contributed by atoms with Gasteiger partial charge in [0.1, 0.15) is 0 Å². The largest absolute Gasteiger partial charge is 0.478 e. The molecule has 0 fully saturated rings. The molecular weight excluding hydrogens is 172 g/mol. The van der Waals surface area contributed by atoms with Crippen LogP contribution >= 0.6 is 11.6 Å². The summed E-state index contributed by atoms with van der Waals surface area (Å²) < 4.78 is 0. The summed E-state index contributed by atoms with van der Waals surface area (Å²) in [5.41, 5.74) is 0. The number of hydrogen-bond acceptors (Lipinski definition) is 2. The molecule has 0 amide bonds. The van der Waals surface area contributed by atoms with Crippen LogP contribution in [0, 0.1) is 0 Å². The Morgan fingerprint density at radius 2 is 1.64 bits per heavy atom. The van der Waals surface area contributed by atoms with Gasteiger partial charge >= 0.3 is 11.9 Å². The topological polar surface area (TPSA) is 74.6 Å². The molecule has 11 heavy (non-hydrogen) atoms. The van der Waals surface area contributed by atoms with Crippen molar-refractivity contribution in [1.29, 1.82) is 0 Å². The fourth-order valence-corrected chi connectivity index (χ4v) is 0.473. The van der Waals surface area contributed by atoms with Crippen LogP contribution in [-0.2, 0) is 9.59 Å². The smallest absolute Gasteiger partial charge is 0.329 e. The SMILES string of the molecule is O=C(O)/C=C/C(Cl)=C\C(=O)O. The Bertz CT molecular complexity index is 229. The van der Waals surface area contributed by atoms with Gasteiger partial charge in [0.05, 0.1) is 0 Å². The summed E-state index contributed by atoms with van der Waals surface area (Å²) in [6.45, 7) is 0. The lowest BCUT2D eigenvalue weighted by atomic mass is 10.4. The minimum Gasteiger partial charge on any atom is -0.478 e. The van der Waals surface area contributed by atoms with E-state index in [1.807, 2.05) is 0 Å². The highest BCUT2D eigenvalue weighted by molar-refractivity contribution is 6.32. The first-order valence-corrected chi connectivity index (χ1v) is 2.91. The summed E-state index contributed by atoms with van der Waals surface area (Å²) in [7, 11) is 0. The van der Waals surface area contributed by atoms with Crippen LogP contribution < -0.4 is 0 Å². The normalized spacial score (nSPS) is 11.9. The Kier molecular flexibility index (Phi) is 3.98. The fourth-order valence-electron chi connectivity index (χ4n) is 0.317. The van der Waals surface area contributed by atoms with Crippen LogP contribution in [0.25, 0.3) is 0 Å². The maximum atomic E-state index is 9.91. The second-order valence-electron chi connectivity index (χ2n) is 1.54. The van der Waals surface area contributed by atoms with E-state index in [2.05, 4.69) is 0 Å². The van der Waals surface area contributed by atoms with Crippen molar-refractivity contribution in [1.82, 2.24) is 0 Å². The quantitative estimate of drug-likeness (QED) is 0.494. The molecule has 0 unspecified atom stereocenters. The van der Waals surface area contributed by atoms with E-state index in [0.29, 0.717) is 6.08 Å². The first-order valence-electron chi connectivity index (χ1n) is 2.53. The van der Waals surface area contributed by atoms with Gasteiger partial charge in [0.25, 0.3) is 0 Å². The van der Waals surface area contributed by atoms with Crippen molar-refractivity contribution < 1.29 is 19.8 Å². The third kappa shape index (κ3) is 6.60. The molecule has 0 aliphatic heterocycles. The first kappa shape index (κ1) is 9.71. The van der Waals surface area contributed by atoms with E-state index in [4.69, 9.17) is 21.8 Å². The molecule has 0 spiro atoms. The van der Waals surface area contributed by atoms with Gasteiger partial charge in [-0.1, -0.05) is 11.6 Å². The molecule has 0 saturated heterocycles. The van der Waals surface area contributed by atoms with Gasteiger partial charge < -0.3 is 10.2 Å². The molecule has 4 nitrogen and oxygen atoms in total. The predicted octanol–water partition coefficient (Wildman–Crippen LogP) is 0.835. The van der Waals surface area contributed by atoms with Gasteiger partial charge in [-0.3, -0.25) is 0 Å². The Labute approximate surface area is 67.4 Å². The van der Waals surface area contributed by atoms with Crippen LogP contribution in [0.2, 0.25) is 0 Å². The van der Waals surface area contributed by atoms with Gasteiger partial charge in [-0.05, 0) is 6.08 Å². The van der Waals surface area contributed by atoms with Gasteiger partial charge in [0.2, 0.25) is 0 Å². The average molecular weight is 177 g/mol. The second-order valence-corrected chi connectivity index (χ2v) is 1.98. The standard InChI is InChI=1S/C6H5ClO4/c7-4(3-6(10)11)1-2-5(8)9/h1-3H,(H,8,9)(H,10,11)/b2-1+,4-3+. The van der Waals surface area contributed by atoms with E-state index in [1.54, 1.807) is 0 Å². The predicted molar refractivity (Wildman–Crippen MR) is 38.3 cm³/mol. The van der Waals surface area contributed by atoms with E-state index >= 15 is 0 Å². The fraction of sp³-hybridized carbons (Fsp3) is 0. The summed E-state index contributed by atoms with van der Waals surface area (Å²) in [5.74, 6) is -2.40. The number of aliphatic carboxylic acids is 2. The third-order valence-electron chi connectivity index (χ3n) is 0.646. The van der Waals surface area contributed by atoms with Crippen molar-refractivity contribution in [3.63, 3.8) is 0 Å². The summed E-state index contributed by atoms with van der Waals surface area (Å²) in [6.07, 6.45) is 2.43. The van der Waals surface area contributed by atoms with Crippen molar-refractivity contribution in [2.75, 3.05) is 0 Å². The summed E-state index contributed by atoms with van der Waals surface area (Å²) >= 11 is 5.25. The molecule has 2 N–H and O–H groups in total. The number of carbonyl (C=O) groups is 2. The number of halogens is 1. The van der Waals surface area contributed by atoms with E-state index in [0.717, 1.165) is 12.2 Å². The Morgan fingerprint density at radius 3 is 2.00 bits per heavy atom. The zero-order chi connectivity index (χ0) is 8.85. The number of carboxylic acid groups (broad SMARTS) is 2. The molecule has 0 aromatic heterocycles. The van der Waals surface area contributed by atoms with Crippen LogP contribution in [0.4, 0.5) is 0 Å². The lowest BCUT2D eigenvalue weighted by Gasteiger charge is -1.83. The van der Waals surface area contributed by atoms with Gasteiger partial charge in [-0.15, -0.1) is 0 Å². The number of carboxylic acids is 2. The van der Waals surface area contributed by atoms with Crippen molar-refractivity contribution in [3.05, 3.63) is 23.3 Å². The zero-order valence-corrected chi connectivity index (χ0v) is 6.08. The highest BCUT2D eigenvalue weighted by Crippen LogP contribution is 2.01. The maximum absolute atomic E-state index is 9.91. The summed E-state index contributed by atoms with van der Waals surface area (Å²) in [6, 6.07) is 0. The molecule has 0 heterocycles. The summed E-state index contributed by atoms with van der Waals surface area (Å²) in [4.78, 5) is 19.8. The van der Waals surface area contributed by atoms with E-state index in [9.17, 15) is 9.59 Å². The average Bonchev–Trinajstić information content (AvgIpc) is 1.82. The molecule has 0 saturated carbocycles. The van der Waals surface area contributed by atoms with Crippen molar-refractivity contribution in [2.45, 2.75) is 0 Å². The van der Waals surface area contributed by atoms with Crippen LogP contribution in [0.15, 0.2) is 23.3 Å². The highest BCUT2D eigenvalue weighted by Gasteiger charge is 1.92. The van der Waals surface area contributed by atoms with Gasteiger partial charge in [0.15, 0.2) is 0 Å². The molecule has 0 aromatic carbocycles. The van der Waals surface area contributed by atoms with Crippen LogP contribution in [0.1, 0.15) is 0 Å². The Balaban J connectivity index is 4.17. The monoisotopic (exact) mass is 176 g/mol. The molecule has 0 aliphatic carbocycles. The zero-order valence-electron chi connectivity index (χ0n) is 5.32. The Hall–Kier alpha value is -1.29. The molecule has 60 valence electrons. The number of hydrogen-bond donors (Lipinski definition) is 2. The molecule has 0 aliphatic rings. The Morgan fingerprint density at radius 1 is 1.09 bits per heavy atom. The lowest BCUT2D eigenvalue weighted by Crippen LogP contribution is -1.89. The molecule has 5 heteroatoms. The van der Waals surface area contributed by atoms with Crippen molar-refractivity contribution in [3.8, 4) is 0 Å². The second kappa shape index (κ2) is 4.51. The summed E-state index contributed by atoms with van der Waals surface area (Å²) in [5, 5.41) is 16.0. The molecule has 0 atom stereocenters. The van der Waals surface area contributed by atoms with E-state index < -0.39 is 11.9 Å². The molecule has 0 bridgehead atoms. The van der Waals surface area contributed by atoms with Crippen molar-refractivity contribution >= 4 is 23.5 Å². The first-order chi connectivity index (χ1) is 5.02. The van der Waals surface area contributed by atoms with E-state index in [1.165, 1.54) is 0 Å². The molecule has 0 aromatic rings. The van der Waals surface area contributed by atoms with Crippen LogP contribution in [0.3, 0.4) is 0 Å². The van der Waals surface area contributed by atoms with Gasteiger partial charge in [0, 0.05) is 17.2 Å². The minimum atomic E-state index is -1.22. The van der Waals surface area contributed by atoms with Gasteiger partial charge in [-0.25, -0.2) is 9.59 Å². The molecule has 0 radical (unpaired) electrons. The van der Waals surface area contributed by atoms with Crippen molar-refractivity contribution in [2.24, 2.45) is 0 Å². The van der Waals surface area contributed by atoms with Gasteiger partial charge in [-0.2, -0.15) is 0 Å². The minimum absolute atomic E-state index is 0.139. The van der Waals surface area contributed by atoms with E-state index in [-0.39, 0.29) is 5.03 Å². The van der Waals surface area contributed by atoms with Crippen LogP contribution in [0.5, 0.6) is 0 Å². The highest BCUT2D eigenvalue weighted by atomic mass is 35.5. The number of rotatable bonds is 3. The lowest BCUT2D eigenvalue weighted by molar-refractivity contribution is -0.132. The van der Waals surface area contributed by atoms with Crippen LogP contribution in [-0.4, -0.2) is 22.2 Å². The number of allylic oxidation sites excluding steroid dienone is 2.